The molecule has 1 heterocycles. The average Bonchev–Trinajstić information content (AvgIpc) is 2.45. The van der Waals surface area contributed by atoms with Gasteiger partial charge < -0.3 is 19.6 Å². The van der Waals surface area contributed by atoms with Crippen molar-refractivity contribution in [2.45, 2.75) is 19.9 Å². The molecule has 118 valence electrons. The van der Waals surface area contributed by atoms with E-state index in [1.54, 1.807) is 19.9 Å². The van der Waals surface area contributed by atoms with Crippen molar-refractivity contribution in [1.82, 2.24) is 5.32 Å². The van der Waals surface area contributed by atoms with E-state index in [4.69, 9.17) is 25.9 Å². The van der Waals surface area contributed by atoms with Crippen LogP contribution in [0.1, 0.15) is 12.5 Å². The first kappa shape index (κ1) is 16.3. The quantitative estimate of drug-likeness (QED) is 0.816. The molecule has 1 atom stereocenters. The molecule has 6 nitrogen and oxygen atoms in total. The van der Waals surface area contributed by atoms with E-state index in [1.807, 2.05) is 0 Å². The maximum atomic E-state index is 11.6. The van der Waals surface area contributed by atoms with E-state index >= 15 is 0 Å². The summed E-state index contributed by atoms with van der Waals surface area (Å²) < 4.78 is 10.4. The molecule has 1 aromatic carbocycles. The summed E-state index contributed by atoms with van der Waals surface area (Å²) in [5.74, 6) is -0.141. The zero-order valence-electron chi connectivity index (χ0n) is 12.2. The van der Waals surface area contributed by atoms with Gasteiger partial charge in [0.15, 0.2) is 6.61 Å². The van der Waals surface area contributed by atoms with E-state index in [2.05, 4.69) is 5.32 Å². The van der Waals surface area contributed by atoms with Gasteiger partial charge in [-0.1, -0.05) is 11.6 Å². The van der Waals surface area contributed by atoms with Gasteiger partial charge in [-0.3, -0.25) is 4.79 Å². The average molecular weight is 326 g/mol. The molecule has 0 bridgehead atoms. The van der Waals surface area contributed by atoms with Gasteiger partial charge >= 0.3 is 5.63 Å². The molecule has 2 rings (SSSR count). The van der Waals surface area contributed by atoms with Crippen molar-refractivity contribution in [1.29, 1.82) is 0 Å². The van der Waals surface area contributed by atoms with Gasteiger partial charge in [0.25, 0.3) is 5.91 Å². The van der Waals surface area contributed by atoms with E-state index in [0.717, 1.165) is 5.56 Å². The molecular weight excluding hydrogens is 310 g/mol. The summed E-state index contributed by atoms with van der Waals surface area (Å²) in [6, 6.07) is 4.13. The predicted molar refractivity (Wildman–Crippen MR) is 82.4 cm³/mol. The van der Waals surface area contributed by atoms with Gasteiger partial charge in [0.05, 0.1) is 11.6 Å². The Labute approximate surface area is 131 Å². The number of aryl methyl sites for hydroxylation is 1. The number of hydrogen-bond acceptors (Lipinski definition) is 5. The molecule has 0 saturated carbocycles. The SMILES string of the molecule is Cc1cc(=O)oc2cc(OCC(=O)NC(C)CO)c(Cl)cc12. The molecule has 0 aliphatic carbocycles. The third-order valence-electron chi connectivity index (χ3n) is 3.04. The molecule has 0 fully saturated rings. The first-order valence-corrected chi connectivity index (χ1v) is 7.05. The summed E-state index contributed by atoms with van der Waals surface area (Å²) >= 11 is 6.11. The fourth-order valence-corrected chi connectivity index (χ4v) is 2.15. The highest BCUT2D eigenvalue weighted by atomic mass is 35.5. The number of amides is 1. The number of carbonyl (C=O) groups excluding carboxylic acids is 1. The number of rotatable bonds is 5. The minimum absolute atomic E-state index is 0.160. The Morgan fingerprint density at radius 1 is 1.45 bits per heavy atom. The molecule has 0 spiro atoms. The molecule has 0 radical (unpaired) electrons. The number of halogens is 1. The number of aliphatic hydroxyl groups is 1. The molecule has 0 saturated heterocycles. The predicted octanol–water partition coefficient (Wildman–Crippen LogP) is 1.63. The fourth-order valence-electron chi connectivity index (χ4n) is 1.94. The van der Waals surface area contributed by atoms with Crippen LogP contribution in [0.5, 0.6) is 5.75 Å². The fraction of sp³-hybridized carbons (Fsp3) is 0.333. The van der Waals surface area contributed by atoms with Crippen LogP contribution in [-0.2, 0) is 4.79 Å². The Morgan fingerprint density at radius 2 is 2.18 bits per heavy atom. The molecule has 2 aromatic rings. The topological polar surface area (TPSA) is 88.8 Å². The highest BCUT2D eigenvalue weighted by Crippen LogP contribution is 2.30. The third kappa shape index (κ3) is 3.78. The minimum atomic E-state index is -0.465. The lowest BCUT2D eigenvalue weighted by Gasteiger charge is -2.12. The van der Waals surface area contributed by atoms with Crippen LogP contribution in [0.3, 0.4) is 0 Å². The second-order valence-electron chi connectivity index (χ2n) is 4.97. The van der Waals surface area contributed by atoms with Crippen molar-refractivity contribution in [2.75, 3.05) is 13.2 Å². The van der Waals surface area contributed by atoms with Crippen LogP contribution in [0.4, 0.5) is 0 Å². The van der Waals surface area contributed by atoms with E-state index in [-0.39, 0.29) is 30.9 Å². The van der Waals surface area contributed by atoms with Crippen LogP contribution >= 0.6 is 11.6 Å². The molecule has 0 aliphatic rings. The Bertz CT molecular complexity index is 755. The van der Waals surface area contributed by atoms with Gasteiger partial charge in [-0.05, 0) is 25.5 Å². The van der Waals surface area contributed by atoms with Gasteiger partial charge in [0.2, 0.25) is 0 Å². The zero-order valence-corrected chi connectivity index (χ0v) is 12.9. The molecule has 7 heteroatoms. The van der Waals surface area contributed by atoms with Crippen LogP contribution in [0, 0.1) is 6.92 Å². The molecule has 1 aromatic heterocycles. The van der Waals surface area contributed by atoms with Crippen molar-refractivity contribution in [2.24, 2.45) is 0 Å². The maximum Gasteiger partial charge on any atom is 0.336 e. The van der Waals surface area contributed by atoms with Crippen molar-refractivity contribution in [3.8, 4) is 5.75 Å². The lowest BCUT2D eigenvalue weighted by atomic mass is 10.1. The maximum absolute atomic E-state index is 11.6. The summed E-state index contributed by atoms with van der Waals surface area (Å²) in [4.78, 5) is 23.0. The smallest absolute Gasteiger partial charge is 0.336 e. The number of benzene rings is 1. The van der Waals surface area contributed by atoms with E-state index in [9.17, 15) is 9.59 Å². The first-order chi connectivity index (χ1) is 10.4. The Hall–Kier alpha value is -2.05. The van der Waals surface area contributed by atoms with E-state index in [1.165, 1.54) is 12.1 Å². The number of aliphatic hydroxyl groups excluding tert-OH is 1. The lowest BCUT2D eigenvalue weighted by Crippen LogP contribution is -2.38. The first-order valence-electron chi connectivity index (χ1n) is 6.67. The lowest BCUT2D eigenvalue weighted by molar-refractivity contribution is -0.123. The van der Waals surface area contributed by atoms with Crippen LogP contribution in [0.2, 0.25) is 5.02 Å². The van der Waals surface area contributed by atoms with Crippen LogP contribution in [0.15, 0.2) is 27.4 Å². The van der Waals surface area contributed by atoms with Crippen molar-refractivity contribution >= 4 is 28.5 Å². The standard InChI is InChI=1S/C15H16ClNO5/c1-8-3-15(20)22-12-5-13(11(16)4-10(8)12)21-7-14(19)17-9(2)6-18/h3-5,9,18H,6-7H2,1-2H3,(H,17,19). The molecule has 1 unspecified atom stereocenters. The Morgan fingerprint density at radius 3 is 2.86 bits per heavy atom. The normalized spacial score (nSPS) is 12.2. The second-order valence-corrected chi connectivity index (χ2v) is 5.37. The number of fused-ring (bicyclic) bond motifs is 1. The van der Waals surface area contributed by atoms with Crippen LogP contribution in [0.25, 0.3) is 11.0 Å². The highest BCUT2D eigenvalue weighted by Gasteiger charge is 2.12. The van der Waals surface area contributed by atoms with Crippen molar-refractivity contribution in [3.63, 3.8) is 0 Å². The monoisotopic (exact) mass is 325 g/mol. The molecule has 1 amide bonds. The van der Waals surface area contributed by atoms with Gasteiger partial charge in [0, 0.05) is 23.6 Å². The summed E-state index contributed by atoms with van der Waals surface area (Å²) in [6.45, 7) is 3.02. The summed E-state index contributed by atoms with van der Waals surface area (Å²) in [7, 11) is 0. The van der Waals surface area contributed by atoms with Crippen molar-refractivity contribution < 1.29 is 19.1 Å². The van der Waals surface area contributed by atoms with Crippen LogP contribution in [-0.4, -0.2) is 30.3 Å². The molecule has 0 aliphatic heterocycles. The summed E-state index contributed by atoms with van der Waals surface area (Å²) in [6.07, 6.45) is 0. The Balaban J connectivity index is 2.20. The number of carbonyl (C=O) groups is 1. The van der Waals surface area contributed by atoms with E-state index in [0.29, 0.717) is 16.0 Å². The summed E-state index contributed by atoms with van der Waals surface area (Å²) in [5, 5.41) is 12.4. The third-order valence-corrected chi connectivity index (χ3v) is 3.34. The van der Waals surface area contributed by atoms with Crippen molar-refractivity contribution in [3.05, 3.63) is 39.2 Å². The van der Waals surface area contributed by atoms with Gasteiger partial charge in [-0.2, -0.15) is 0 Å². The van der Waals surface area contributed by atoms with Gasteiger partial charge in [0.1, 0.15) is 11.3 Å². The molecule has 2 N–H and O–H groups in total. The molecule has 22 heavy (non-hydrogen) atoms. The zero-order chi connectivity index (χ0) is 16.3. The molecular formula is C15H16ClNO5. The Kier molecular flexibility index (Phi) is 5.05. The highest BCUT2D eigenvalue weighted by molar-refractivity contribution is 6.32. The second kappa shape index (κ2) is 6.81. The minimum Gasteiger partial charge on any atom is -0.482 e. The largest absolute Gasteiger partial charge is 0.482 e. The number of nitrogens with one attached hydrogen (secondary N) is 1. The summed E-state index contributed by atoms with van der Waals surface area (Å²) in [5.41, 5.74) is 0.621. The van der Waals surface area contributed by atoms with E-state index < -0.39 is 5.63 Å². The van der Waals surface area contributed by atoms with Crippen LogP contribution < -0.4 is 15.7 Å². The van der Waals surface area contributed by atoms with Gasteiger partial charge in [-0.25, -0.2) is 4.79 Å². The number of hydrogen-bond donors (Lipinski definition) is 2. The van der Waals surface area contributed by atoms with Gasteiger partial charge in [-0.15, -0.1) is 0 Å². The number of ether oxygens (including phenoxy) is 1.